The molecule has 6 heteroatoms. The maximum atomic E-state index is 12.5. The number of ether oxygens (including phenoxy) is 1. The second-order valence-corrected chi connectivity index (χ2v) is 5.52. The molecule has 1 fully saturated rings. The van der Waals surface area contributed by atoms with Crippen molar-refractivity contribution in [1.29, 1.82) is 0 Å². The molecule has 0 saturated carbocycles. The highest BCUT2D eigenvalue weighted by atomic mass is 16.5. The van der Waals surface area contributed by atoms with E-state index in [1.165, 1.54) is 12.0 Å². The van der Waals surface area contributed by atoms with Crippen LogP contribution < -0.4 is 5.73 Å². The van der Waals surface area contributed by atoms with E-state index in [1.807, 2.05) is 6.92 Å². The Balaban J connectivity index is 2.19. The number of nitrogens with two attached hydrogens (primary N) is 1. The Morgan fingerprint density at radius 3 is 2.64 bits per heavy atom. The van der Waals surface area contributed by atoms with Crippen LogP contribution in [0.25, 0.3) is 0 Å². The summed E-state index contributed by atoms with van der Waals surface area (Å²) in [6.07, 6.45) is 0.794. The van der Waals surface area contributed by atoms with Crippen LogP contribution in [0.15, 0.2) is 24.3 Å². The van der Waals surface area contributed by atoms with Crippen LogP contribution in [-0.4, -0.2) is 42.4 Å². The monoisotopic (exact) mass is 304 g/mol. The van der Waals surface area contributed by atoms with E-state index in [4.69, 9.17) is 10.5 Å². The highest BCUT2D eigenvalue weighted by Gasteiger charge is 2.40. The number of nitrogens with zero attached hydrogens (tertiary/aromatic N) is 1. The number of carbonyl (C=O) groups excluding carboxylic acids is 3. The molecule has 0 radical (unpaired) electrons. The fraction of sp³-hybridized carbons (Fsp3) is 0.438. The maximum absolute atomic E-state index is 12.5. The minimum Gasteiger partial charge on any atom is -0.467 e. The van der Waals surface area contributed by atoms with Crippen molar-refractivity contribution in [2.45, 2.75) is 25.8 Å². The third-order valence-electron chi connectivity index (χ3n) is 4.09. The van der Waals surface area contributed by atoms with E-state index in [0.717, 1.165) is 6.42 Å². The Bertz CT molecular complexity index is 600. The summed E-state index contributed by atoms with van der Waals surface area (Å²) in [5.41, 5.74) is 6.23. The lowest BCUT2D eigenvalue weighted by Crippen LogP contribution is -2.44. The minimum atomic E-state index is -0.567. The van der Waals surface area contributed by atoms with Gasteiger partial charge in [-0.15, -0.1) is 0 Å². The molecule has 2 rings (SSSR count). The van der Waals surface area contributed by atoms with E-state index in [9.17, 15) is 14.4 Å². The van der Waals surface area contributed by atoms with Crippen molar-refractivity contribution in [3.05, 3.63) is 35.4 Å². The van der Waals surface area contributed by atoms with E-state index in [2.05, 4.69) is 0 Å². The SMILES string of the molecule is COC(=O)C1C(C)CCN1C(=O)Cc1ccccc1C(N)=O. The lowest BCUT2D eigenvalue weighted by molar-refractivity contribution is -0.152. The van der Waals surface area contributed by atoms with Crippen LogP contribution in [0.1, 0.15) is 29.3 Å². The number of likely N-dealkylation sites (tertiary alicyclic amines) is 1. The molecule has 2 atom stereocenters. The summed E-state index contributed by atoms with van der Waals surface area (Å²) in [6.45, 7) is 2.44. The highest BCUT2D eigenvalue weighted by Crippen LogP contribution is 2.26. The van der Waals surface area contributed by atoms with Gasteiger partial charge in [-0.3, -0.25) is 9.59 Å². The van der Waals surface area contributed by atoms with Crippen molar-refractivity contribution < 1.29 is 19.1 Å². The zero-order valence-corrected chi connectivity index (χ0v) is 12.7. The Morgan fingerprint density at radius 1 is 1.32 bits per heavy atom. The van der Waals surface area contributed by atoms with Gasteiger partial charge in [-0.25, -0.2) is 4.79 Å². The van der Waals surface area contributed by atoms with Crippen LogP contribution in [0.4, 0.5) is 0 Å². The highest BCUT2D eigenvalue weighted by molar-refractivity contribution is 5.96. The summed E-state index contributed by atoms with van der Waals surface area (Å²) in [5, 5.41) is 0. The molecule has 0 aliphatic carbocycles. The Hall–Kier alpha value is -2.37. The molecular formula is C16H20N2O4. The Morgan fingerprint density at radius 2 is 2.00 bits per heavy atom. The second kappa shape index (κ2) is 6.60. The summed E-state index contributed by atoms with van der Waals surface area (Å²) in [4.78, 5) is 37.4. The smallest absolute Gasteiger partial charge is 0.328 e. The van der Waals surface area contributed by atoms with Gasteiger partial charge in [0.2, 0.25) is 11.8 Å². The molecule has 0 spiro atoms. The summed E-state index contributed by atoms with van der Waals surface area (Å²) >= 11 is 0. The molecule has 0 aromatic heterocycles. The molecule has 1 heterocycles. The van der Waals surface area contributed by atoms with Crippen LogP contribution in [0.5, 0.6) is 0 Å². The first-order valence-electron chi connectivity index (χ1n) is 7.20. The maximum Gasteiger partial charge on any atom is 0.328 e. The van der Waals surface area contributed by atoms with Crippen LogP contribution >= 0.6 is 0 Å². The summed E-state index contributed by atoms with van der Waals surface area (Å²) in [6, 6.07) is 6.18. The van der Waals surface area contributed by atoms with E-state index in [-0.39, 0.29) is 18.2 Å². The molecule has 0 bridgehead atoms. The van der Waals surface area contributed by atoms with Crippen molar-refractivity contribution in [3.63, 3.8) is 0 Å². The number of rotatable bonds is 4. The van der Waals surface area contributed by atoms with Gasteiger partial charge in [0.05, 0.1) is 13.5 Å². The second-order valence-electron chi connectivity index (χ2n) is 5.52. The fourth-order valence-corrected chi connectivity index (χ4v) is 2.89. The van der Waals surface area contributed by atoms with Gasteiger partial charge in [0, 0.05) is 12.1 Å². The topological polar surface area (TPSA) is 89.7 Å². The fourth-order valence-electron chi connectivity index (χ4n) is 2.89. The lowest BCUT2D eigenvalue weighted by Gasteiger charge is -2.25. The van der Waals surface area contributed by atoms with Gasteiger partial charge < -0.3 is 15.4 Å². The predicted molar refractivity (Wildman–Crippen MR) is 80.0 cm³/mol. The van der Waals surface area contributed by atoms with Crippen molar-refractivity contribution in [3.8, 4) is 0 Å². The van der Waals surface area contributed by atoms with Crippen LogP contribution in [0.2, 0.25) is 0 Å². The van der Waals surface area contributed by atoms with Gasteiger partial charge in [0.1, 0.15) is 6.04 Å². The number of hydrogen-bond acceptors (Lipinski definition) is 4. The number of benzene rings is 1. The molecule has 1 aliphatic rings. The van der Waals surface area contributed by atoms with Crippen molar-refractivity contribution >= 4 is 17.8 Å². The number of carbonyl (C=O) groups is 3. The van der Waals surface area contributed by atoms with Crippen molar-refractivity contribution in [2.75, 3.05) is 13.7 Å². The zero-order chi connectivity index (χ0) is 16.3. The van der Waals surface area contributed by atoms with Crippen LogP contribution in [0.3, 0.4) is 0 Å². The van der Waals surface area contributed by atoms with E-state index >= 15 is 0 Å². The van der Waals surface area contributed by atoms with Gasteiger partial charge in [-0.05, 0) is 24.0 Å². The molecule has 1 saturated heterocycles. The number of amides is 2. The van der Waals surface area contributed by atoms with Gasteiger partial charge in [0.15, 0.2) is 0 Å². The minimum absolute atomic E-state index is 0.0410. The largest absolute Gasteiger partial charge is 0.467 e. The molecule has 6 nitrogen and oxygen atoms in total. The molecule has 22 heavy (non-hydrogen) atoms. The summed E-state index contributed by atoms with van der Waals surface area (Å²) in [5.74, 6) is -1.11. The standard InChI is InChI=1S/C16H20N2O4/c1-10-7-8-18(14(10)16(21)22-2)13(19)9-11-5-3-4-6-12(11)15(17)20/h3-6,10,14H,7-9H2,1-2H3,(H2,17,20). The third kappa shape index (κ3) is 3.10. The van der Waals surface area contributed by atoms with E-state index in [0.29, 0.717) is 17.7 Å². The lowest BCUT2D eigenvalue weighted by atomic mass is 10.0. The molecule has 2 unspecified atom stereocenters. The number of hydrogen-bond donors (Lipinski definition) is 1. The molecule has 1 aliphatic heterocycles. The number of esters is 1. The van der Waals surface area contributed by atoms with Gasteiger partial charge in [-0.2, -0.15) is 0 Å². The molecule has 1 aromatic carbocycles. The molecule has 1 aromatic rings. The van der Waals surface area contributed by atoms with Crippen molar-refractivity contribution in [1.82, 2.24) is 4.90 Å². The normalized spacial score (nSPS) is 20.7. The van der Waals surface area contributed by atoms with Crippen molar-refractivity contribution in [2.24, 2.45) is 11.7 Å². The average molecular weight is 304 g/mol. The van der Waals surface area contributed by atoms with Gasteiger partial charge >= 0.3 is 5.97 Å². The van der Waals surface area contributed by atoms with Crippen LogP contribution in [0, 0.1) is 5.92 Å². The predicted octanol–water partition coefficient (Wildman–Crippen LogP) is 0.738. The third-order valence-corrected chi connectivity index (χ3v) is 4.09. The van der Waals surface area contributed by atoms with E-state index < -0.39 is 17.9 Å². The first-order valence-corrected chi connectivity index (χ1v) is 7.20. The molecular weight excluding hydrogens is 284 g/mol. The molecule has 118 valence electrons. The van der Waals surface area contributed by atoms with Gasteiger partial charge in [0.25, 0.3) is 0 Å². The summed E-state index contributed by atoms with van der Waals surface area (Å²) in [7, 11) is 1.32. The molecule has 2 amide bonds. The zero-order valence-electron chi connectivity index (χ0n) is 12.7. The molecule has 2 N–H and O–H groups in total. The van der Waals surface area contributed by atoms with Gasteiger partial charge in [-0.1, -0.05) is 25.1 Å². The van der Waals surface area contributed by atoms with E-state index in [1.54, 1.807) is 24.3 Å². The first-order chi connectivity index (χ1) is 10.5. The summed E-state index contributed by atoms with van der Waals surface area (Å²) < 4.78 is 4.79. The number of methoxy groups -OCH3 is 1. The average Bonchev–Trinajstić information content (AvgIpc) is 2.88. The number of primary amides is 1. The quantitative estimate of drug-likeness (QED) is 0.831. The Labute approximate surface area is 129 Å². The first kappa shape index (κ1) is 16.0. The Kier molecular flexibility index (Phi) is 4.80. The van der Waals surface area contributed by atoms with Crippen LogP contribution in [-0.2, 0) is 20.7 Å².